The molecule has 0 aromatic heterocycles. The van der Waals surface area contributed by atoms with Crippen LogP contribution in [0, 0.1) is 12.7 Å². The zero-order chi connectivity index (χ0) is 12.6. The molecule has 0 aliphatic carbocycles. The van der Waals surface area contributed by atoms with Crippen molar-refractivity contribution in [3.8, 4) is 0 Å². The largest absolute Gasteiger partial charge is 0.394 e. The first-order valence-electron chi connectivity index (χ1n) is 5.43. The molecule has 2 N–H and O–H groups in total. The summed E-state index contributed by atoms with van der Waals surface area (Å²) in [6.45, 7) is 1.51. The molecule has 1 aliphatic heterocycles. The molecule has 0 radical (unpaired) electrons. The number of halogens is 2. The van der Waals surface area contributed by atoms with Gasteiger partial charge in [0.05, 0.1) is 18.8 Å². The van der Waals surface area contributed by atoms with Gasteiger partial charge in [-0.15, -0.1) is 0 Å². The van der Waals surface area contributed by atoms with Gasteiger partial charge in [0.1, 0.15) is 11.9 Å². The number of hydrogen-bond donors (Lipinski definition) is 2. The summed E-state index contributed by atoms with van der Waals surface area (Å²) in [5, 5.41) is 18.9. The van der Waals surface area contributed by atoms with Crippen LogP contribution in [0.1, 0.15) is 23.7 Å². The molecule has 0 spiro atoms. The van der Waals surface area contributed by atoms with Crippen LogP contribution in [0.5, 0.6) is 0 Å². The summed E-state index contributed by atoms with van der Waals surface area (Å²) in [6.07, 6.45) is -1.66. The van der Waals surface area contributed by atoms with Gasteiger partial charge in [0.15, 0.2) is 0 Å². The minimum Gasteiger partial charge on any atom is -0.394 e. The average Bonchev–Trinajstić information content (AvgIpc) is 2.65. The van der Waals surface area contributed by atoms with E-state index in [2.05, 4.69) is 0 Å². The zero-order valence-corrected chi connectivity index (χ0v) is 10.1. The van der Waals surface area contributed by atoms with Gasteiger partial charge in [-0.2, -0.15) is 0 Å². The maximum absolute atomic E-state index is 13.7. The van der Waals surface area contributed by atoms with Gasteiger partial charge >= 0.3 is 0 Å². The van der Waals surface area contributed by atoms with Gasteiger partial charge in [-0.05, 0) is 24.6 Å². The van der Waals surface area contributed by atoms with Crippen molar-refractivity contribution < 1.29 is 19.3 Å². The van der Waals surface area contributed by atoms with E-state index in [0.717, 1.165) is 5.56 Å². The van der Waals surface area contributed by atoms with Crippen molar-refractivity contribution in [3.63, 3.8) is 0 Å². The molecule has 5 heteroatoms. The highest BCUT2D eigenvalue weighted by molar-refractivity contribution is 6.31. The molecule has 1 saturated heterocycles. The summed E-state index contributed by atoms with van der Waals surface area (Å²) in [5.41, 5.74) is 1.13. The highest BCUT2D eigenvalue weighted by Gasteiger charge is 2.35. The van der Waals surface area contributed by atoms with Gasteiger partial charge in [0, 0.05) is 17.0 Å². The molecule has 3 nitrogen and oxygen atoms in total. The van der Waals surface area contributed by atoms with Crippen molar-refractivity contribution in [1.82, 2.24) is 0 Å². The Morgan fingerprint density at radius 3 is 2.82 bits per heavy atom. The minimum atomic E-state index is -0.764. The fourth-order valence-electron chi connectivity index (χ4n) is 2.02. The molecular weight excluding hydrogens is 247 g/mol. The SMILES string of the molecule is Cc1cc([C@@H]2C[C@H](O)[C@@H](CO)O2)c(F)cc1Cl. The predicted octanol–water partition coefficient (Wildman–Crippen LogP) is 1.97. The summed E-state index contributed by atoms with van der Waals surface area (Å²) in [4.78, 5) is 0. The van der Waals surface area contributed by atoms with E-state index in [-0.39, 0.29) is 13.0 Å². The van der Waals surface area contributed by atoms with Crippen molar-refractivity contribution in [2.24, 2.45) is 0 Å². The maximum atomic E-state index is 13.7. The summed E-state index contributed by atoms with van der Waals surface area (Å²) in [7, 11) is 0. The number of aryl methyl sites for hydroxylation is 1. The molecule has 0 unspecified atom stereocenters. The van der Waals surface area contributed by atoms with Crippen molar-refractivity contribution in [1.29, 1.82) is 0 Å². The van der Waals surface area contributed by atoms with E-state index in [1.165, 1.54) is 6.07 Å². The van der Waals surface area contributed by atoms with Crippen molar-refractivity contribution >= 4 is 11.6 Å². The monoisotopic (exact) mass is 260 g/mol. The van der Waals surface area contributed by atoms with Crippen LogP contribution in [0.4, 0.5) is 4.39 Å². The van der Waals surface area contributed by atoms with Gasteiger partial charge in [0.25, 0.3) is 0 Å². The molecule has 0 saturated carbocycles. The average molecular weight is 261 g/mol. The van der Waals surface area contributed by atoms with E-state index < -0.39 is 24.1 Å². The quantitative estimate of drug-likeness (QED) is 0.855. The molecule has 94 valence electrons. The number of ether oxygens (including phenoxy) is 1. The first-order valence-corrected chi connectivity index (χ1v) is 5.80. The second kappa shape index (κ2) is 4.90. The molecule has 17 heavy (non-hydrogen) atoms. The van der Waals surface area contributed by atoms with Crippen LogP contribution < -0.4 is 0 Å². The Morgan fingerprint density at radius 1 is 1.53 bits per heavy atom. The Kier molecular flexibility index (Phi) is 3.68. The first kappa shape index (κ1) is 12.8. The van der Waals surface area contributed by atoms with Crippen LogP contribution >= 0.6 is 11.6 Å². The number of aliphatic hydroxyl groups is 2. The summed E-state index contributed by atoms with van der Waals surface area (Å²) in [5.74, 6) is -0.448. The smallest absolute Gasteiger partial charge is 0.130 e. The minimum absolute atomic E-state index is 0.272. The van der Waals surface area contributed by atoms with Gasteiger partial charge in [-0.3, -0.25) is 0 Å². The van der Waals surface area contributed by atoms with Crippen LogP contribution in [0.25, 0.3) is 0 Å². The number of hydrogen-bond acceptors (Lipinski definition) is 3. The Morgan fingerprint density at radius 2 is 2.24 bits per heavy atom. The predicted molar refractivity (Wildman–Crippen MR) is 61.5 cm³/mol. The van der Waals surface area contributed by atoms with Crippen LogP contribution in [0.2, 0.25) is 5.02 Å². The number of benzene rings is 1. The molecule has 1 aliphatic rings. The third-order valence-electron chi connectivity index (χ3n) is 3.03. The van der Waals surface area contributed by atoms with Crippen LogP contribution in [0.15, 0.2) is 12.1 Å². The summed E-state index contributed by atoms with van der Waals surface area (Å²) >= 11 is 5.81. The third kappa shape index (κ3) is 2.45. The highest BCUT2D eigenvalue weighted by atomic mass is 35.5. The van der Waals surface area contributed by atoms with E-state index in [4.69, 9.17) is 21.4 Å². The molecule has 0 amide bonds. The van der Waals surface area contributed by atoms with Gasteiger partial charge in [0.2, 0.25) is 0 Å². The molecular formula is C12H14ClFO3. The maximum Gasteiger partial charge on any atom is 0.130 e. The van der Waals surface area contributed by atoms with E-state index in [1.807, 2.05) is 0 Å². The lowest BCUT2D eigenvalue weighted by Gasteiger charge is -2.14. The topological polar surface area (TPSA) is 49.7 Å². The fraction of sp³-hybridized carbons (Fsp3) is 0.500. The van der Waals surface area contributed by atoms with Crippen molar-refractivity contribution in [3.05, 3.63) is 34.1 Å². The van der Waals surface area contributed by atoms with E-state index >= 15 is 0 Å². The zero-order valence-electron chi connectivity index (χ0n) is 9.36. The Labute approximate surface area is 104 Å². The van der Waals surface area contributed by atoms with Crippen molar-refractivity contribution in [2.75, 3.05) is 6.61 Å². The molecule has 0 bridgehead atoms. The molecule has 2 rings (SSSR count). The Hall–Kier alpha value is -0.680. The normalized spacial score (nSPS) is 28.6. The van der Waals surface area contributed by atoms with Gasteiger partial charge < -0.3 is 14.9 Å². The fourth-order valence-corrected chi connectivity index (χ4v) is 2.17. The van der Waals surface area contributed by atoms with E-state index in [9.17, 15) is 9.50 Å². The van der Waals surface area contributed by atoms with E-state index in [1.54, 1.807) is 13.0 Å². The van der Waals surface area contributed by atoms with Crippen LogP contribution in [0.3, 0.4) is 0 Å². The lowest BCUT2D eigenvalue weighted by atomic mass is 10.0. The summed E-state index contributed by atoms with van der Waals surface area (Å²) in [6, 6.07) is 2.86. The second-order valence-electron chi connectivity index (χ2n) is 4.27. The van der Waals surface area contributed by atoms with E-state index in [0.29, 0.717) is 10.6 Å². The number of aliphatic hydroxyl groups excluding tert-OH is 2. The Balaban J connectivity index is 2.27. The van der Waals surface area contributed by atoms with Crippen LogP contribution in [-0.2, 0) is 4.74 Å². The molecule has 3 atom stereocenters. The van der Waals surface area contributed by atoms with Gasteiger partial charge in [-0.1, -0.05) is 11.6 Å². The lowest BCUT2D eigenvalue weighted by molar-refractivity contribution is -0.0233. The lowest BCUT2D eigenvalue weighted by Crippen LogP contribution is -2.24. The van der Waals surface area contributed by atoms with Crippen LogP contribution in [-0.4, -0.2) is 29.0 Å². The number of rotatable bonds is 2. The standard InChI is InChI=1S/C12H14ClFO3/c1-6-2-7(9(14)3-8(6)13)11-4-10(16)12(5-15)17-11/h2-3,10-12,15-16H,4-5H2,1H3/t10-,11-,12+/m0/s1. The molecule has 1 fully saturated rings. The first-order chi connectivity index (χ1) is 8.02. The molecule has 1 aromatic carbocycles. The molecule has 1 heterocycles. The molecule has 1 aromatic rings. The summed E-state index contributed by atoms with van der Waals surface area (Å²) < 4.78 is 19.1. The highest BCUT2D eigenvalue weighted by Crippen LogP contribution is 2.35. The Bertz CT molecular complexity index is 424. The van der Waals surface area contributed by atoms with Crippen molar-refractivity contribution in [2.45, 2.75) is 31.7 Å². The second-order valence-corrected chi connectivity index (χ2v) is 4.68. The third-order valence-corrected chi connectivity index (χ3v) is 3.44. The van der Waals surface area contributed by atoms with Gasteiger partial charge in [-0.25, -0.2) is 4.39 Å².